The fourth-order valence-corrected chi connectivity index (χ4v) is 5.34. The number of aliphatic hydroxyl groups is 1. The third kappa shape index (κ3) is 2.96. The highest BCUT2D eigenvalue weighted by molar-refractivity contribution is 5.75. The van der Waals surface area contributed by atoms with Crippen LogP contribution < -0.4 is 10.6 Å². The lowest BCUT2D eigenvalue weighted by Crippen LogP contribution is -2.51. The first-order valence-electron chi connectivity index (χ1n) is 9.09. The first kappa shape index (κ1) is 15.7. The van der Waals surface area contributed by atoms with Crippen molar-refractivity contribution in [1.29, 1.82) is 0 Å². The van der Waals surface area contributed by atoms with Crippen molar-refractivity contribution < 1.29 is 19.4 Å². The summed E-state index contributed by atoms with van der Waals surface area (Å²) in [4.78, 5) is 12.3. The fraction of sp³-hybridized carbons (Fsp3) is 0.941. The maximum Gasteiger partial charge on any atom is 0.315 e. The smallest absolute Gasteiger partial charge is 0.315 e. The molecule has 4 aliphatic rings. The lowest BCUT2D eigenvalue weighted by Gasteiger charge is -2.37. The van der Waals surface area contributed by atoms with Gasteiger partial charge in [0.25, 0.3) is 0 Å². The molecule has 3 aliphatic carbocycles. The average Bonchev–Trinajstić information content (AvgIpc) is 2.95. The van der Waals surface area contributed by atoms with E-state index in [1.54, 1.807) is 0 Å². The van der Waals surface area contributed by atoms with Crippen molar-refractivity contribution in [2.24, 2.45) is 23.7 Å². The molecule has 4 fully saturated rings. The maximum atomic E-state index is 12.3. The molecule has 4 atom stereocenters. The summed E-state index contributed by atoms with van der Waals surface area (Å²) in [5, 5.41) is 15.2. The number of carbonyl (C=O) groups is 1. The molecule has 0 aromatic carbocycles. The quantitative estimate of drug-likeness (QED) is 0.678. The standard InChI is InChI=1S/C17H28N2O4/c20-5-8-23-17(3-6-22-7-4-17)10-18-16(21)19-15-13-11-1-2-12(9-11)14(13)15/h11-15,20H,1-10H2,(H2,18,19,21)/t11-,12-,13-,14-/m0/s1. The molecule has 1 saturated heterocycles. The van der Waals surface area contributed by atoms with E-state index in [1.807, 2.05) is 0 Å². The SMILES string of the molecule is O=C(NCC1(OCCO)CCOCC1)NC1[C@H]2[C@H]3CC[C@@H](C3)[C@H]12. The number of hydrogen-bond acceptors (Lipinski definition) is 4. The van der Waals surface area contributed by atoms with Crippen molar-refractivity contribution in [3.63, 3.8) is 0 Å². The number of aliphatic hydroxyl groups excluding tert-OH is 1. The Balaban J connectivity index is 1.25. The van der Waals surface area contributed by atoms with Crippen LogP contribution in [0.4, 0.5) is 4.79 Å². The van der Waals surface area contributed by atoms with Crippen LogP contribution in [0.15, 0.2) is 0 Å². The highest BCUT2D eigenvalue weighted by atomic mass is 16.5. The minimum absolute atomic E-state index is 0.00299. The molecule has 23 heavy (non-hydrogen) atoms. The van der Waals surface area contributed by atoms with Gasteiger partial charge in [-0.05, 0) is 42.9 Å². The van der Waals surface area contributed by atoms with Crippen LogP contribution in [0.5, 0.6) is 0 Å². The predicted molar refractivity (Wildman–Crippen MR) is 84.0 cm³/mol. The normalized spacial score (nSPS) is 39.8. The third-order valence-corrected chi connectivity index (χ3v) is 6.51. The molecule has 3 saturated carbocycles. The van der Waals surface area contributed by atoms with Gasteiger partial charge in [0.2, 0.25) is 0 Å². The van der Waals surface area contributed by atoms with Gasteiger partial charge in [-0.2, -0.15) is 0 Å². The van der Waals surface area contributed by atoms with Gasteiger partial charge in [0, 0.05) is 38.6 Å². The summed E-state index contributed by atoms with van der Waals surface area (Å²) in [5.74, 6) is 3.24. The number of ether oxygens (including phenoxy) is 2. The summed E-state index contributed by atoms with van der Waals surface area (Å²) in [7, 11) is 0. The van der Waals surface area contributed by atoms with E-state index in [9.17, 15) is 4.79 Å². The average molecular weight is 324 g/mol. The van der Waals surface area contributed by atoms with Gasteiger partial charge in [0.1, 0.15) is 0 Å². The summed E-state index contributed by atoms with van der Waals surface area (Å²) in [6.07, 6.45) is 5.64. The minimum atomic E-state index is -0.392. The van der Waals surface area contributed by atoms with Gasteiger partial charge in [-0.25, -0.2) is 4.79 Å². The zero-order valence-electron chi connectivity index (χ0n) is 13.6. The summed E-state index contributed by atoms with van der Waals surface area (Å²) in [5.41, 5.74) is -0.392. The van der Waals surface area contributed by atoms with Crippen molar-refractivity contribution >= 4 is 6.03 Å². The molecule has 0 spiro atoms. The Morgan fingerprint density at radius 2 is 1.91 bits per heavy atom. The van der Waals surface area contributed by atoms with Crippen molar-refractivity contribution in [2.75, 3.05) is 33.0 Å². The van der Waals surface area contributed by atoms with Crippen molar-refractivity contribution in [1.82, 2.24) is 10.6 Å². The molecule has 0 aromatic heterocycles. The highest BCUT2D eigenvalue weighted by Crippen LogP contribution is 2.65. The van der Waals surface area contributed by atoms with Crippen LogP contribution in [-0.2, 0) is 9.47 Å². The van der Waals surface area contributed by atoms with Crippen molar-refractivity contribution in [3.8, 4) is 0 Å². The Kier molecular flexibility index (Phi) is 4.24. The first-order chi connectivity index (χ1) is 11.2. The number of rotatable bonds is 6. The predicted octanol–water partition coefficient (Wildman–Crippen LogP) is 0.888. The molecule has 2 amide bonds. The zero-order chi connectivity index (χ0) is 15.9. The monoisotopic (exact) mass is 324 g/mol. The Bertz CT molecular complexity index is 436. The second-order valence-corrected chi connectivity index (χ2v) is 7.71. The summed E-state index contributed by atoms with van der Waals surface area (Å²) >= 11 is 0. The molecule has 6 heteroatoms. The molecule has 0 radical (unpaired) electrons. The Morgan fingerprint density at radius 3 is 2.57 bits per heavy atom. The van der Waals surface area contributed by atoms with Crippen LogP contribution in [-0.4, -0.2) is 55.8 Å². The van der Waals surface area contributed by atoms with Gasteiger partial charge < -0.3 is 25.2 Å². The summed E-state index contributed by atoms with van der Waals surface area (Å²) < 4.78 is 11.2. The number of fused-ring (bicyclic) bond motifs is 5. The highest BCUT2D eigenvalue weighted by Gasteiger charge is 2.65. The lowest BCUT2D eigenvalue weighted by molar-refractivity contribution is -0.114. The van der Waals surface area contributed by atoms with E-state index in [4.69, 9.17) is 14.6 Å². The van der Waals surface area contributed by atoms with Gasteiger partial charge >= 0.3 is 6.03 Å². The number of amides is 2. The van der Waals surface area contributed by atoms with Crippen LogP contribution in [0.2, 0.25) is 0 Å². The molecule has 0 aromatic rings. The molecule has 1 heterocycles. The van der Waals surface area contributed by atoms with Crippen LogP contribution in [0.25, 0.3) is 0 Å². The van der Waals surface area contributed by atoms with Crippen LogP contribution in [0.3, 0.4) is 0 Å². The third-order valence-electron chi connectivity index (χ3n) is 6.51. The Morgan fingerprint density at radius 1 is 1.22 bits per heavy atom. The zero-order valence-corrected chi connectivity index (χ0v) is 13.6. The fourth-order valence-electron chi connectivity index (χ4n) is 5.34. The molecular weight excluding hydrogens is 296 g/mol. The number of nitrogens with one attached hydrogen (secondary N) is 2. The van der Waals surface area contributed by atoms with Gasteiger partial charge in [-0.3, -0.25) is 0 Å². The Hall–Kier alpha value is -0.850. The summed E-state index contributed by atoms with van der Waals surface area (Å²) in [6.45, 7) is 2.08. The van der Waals surface area contributed by atoms with Crippen molar-refractivity contribution in [3.05, 3.63) is 0 Å². The molecule has 1 aliphatic heterocycles. The lowest BCUT2D eigenvalue weighted by atomic mass is 9.94. The molecule has 3 N–H and O–H groups in total. The number of hydrogen-bond donors (Lipinski definition) is 3. The summed E-state index contributed by atoms with van der Waals surface area (Å²) in [6, 6.07) is 0.340. The van der Waals surface area contributed by atoms with E-state index >= 15 is 0 Å². The molecule has 4 rings (SSSR count). The van der Waals surface area contributed by atoms with Crippen LogP contribution >= 0.6 is 0 Å². The van der Waals surface area contributed by atoms with Gasteiger partial charge in [-0.1, -0.05) is 0 Å². The van der Waals surface area contributed by atoms with E-state index in [0.717, 1.165) is 36.5 Å². The van der Waals surface area contributed by atoms with E-state index in [-0.39, 0.29) is 12.6 Å². The number of carbonyl (C=O) groups excluding carboxylic acids is 1. The molecule has 130 valence electrons. The van der Waals surface area contributed by atoms with Gasteiger partial charge in [0.05, 0.1) is 18.8 Å². The number of urea groups is 1. The second kappa shape index (κ2) is 6.22. The topological polar surface area (TPSA) is 79.8 Å². The molecule has 6 nitrogen and oxygen atoms in total. The first-order valence-corrected chi connectivity index (χ1v) is 9.09. The molecule has 0 unspecified atom stereocenters. The van der Waals surface area contributed by atoms with Crippen LogP contribution in [0.1, 0.15) is 32.1 Å². The van der Waals surface area contributed by atoms with E-state index in [1.165, 1.54) is 19.3 Å². The van der Waals surface area contributed by atoms with Crippen molar-refractivity contribution in [2.45, 2.75) is 43.7 Å². The largest absolute Gasteiger partial charge is 0.394 e. The molecular formula is C17H28N2O4. The molecule has 2 bridgehead atoms. The van der Waals surface area contributed by atoms with Gasteiger partial charge in [0.15, 0.2) is 0 Å². The Labute approximate surface area is 137 Å². The van der Waals surface area contributed by atoms with E-state index < -0.39 is 5.60 Å². The minimum Gasteiger partial charge on any atom is -0.394 e. The maximum absolute atomic E-state index is 12.3. The van der Waals surface area contributed by atoms with E-state index in [2.05, 4.69) is 10.6 Å². The van der Waals surface area contributed by atoms with E-state index in [0.29, 0.717) is 32.4 Å². The van der Waals surface area contributed by atoms with Crippen LogP contribution in [0, 0.1) is 23.7 Å². The van der Waals surface area contributed by atoms with Gasteiger partial charge in [-0.15, -0.1) is 0 Å². The second-order valence-electron chi connectivity index (χ2n) is 7.71.